The van der Waals surface area contributed by atoms with Gasteiger partial charge in [0, 0.05) is 73.2 Å². The summed E-state index contributed by atoms with van der Waals surface area (Å²) in [5, 5.41) is 2.95. The third kappa shape index (κ3) is 6.45. The van der Waals surface area contributed by atoms with Crippen LogP contribution in [0.1, 0.15) is 55.3 Å². The Kier molecular flexibility index (Phi) is 9.22. The first-order chi connectivity index (χ1) is 13.4. The van der Waals surface area contributed by atoms with E-state index in [2.05, 4.69) is 33.9 Å². The maximum Gasteiger partial charge on any atom is 0.223 e. The van der Waals surface area contributed by atoms with Gasteiger partial charge in [-0.1, -0.05) is 13.8 Å². The molecule has 3 aliphatic rings. The van der Waals surface area contributed by atoms with Gasteiger partial charge in [-0.25, -0.2) is 0 Å². The van der Waals surface area contributed by atoms with Gasteiger partial charge in [0.15, 0.2) is 0 Å². The fourth-order valence-electron chi connectivity index (χ4n) is 5.00. The molecule has 2 saturated heterocycles. The summed E-state index contributed by atoms with van der Waals surface area (Å²) >= 11 is 0. The number of likely N-dealkylation sites (tertiary alicyclic amines) is 1. The molecule has 1 N–H and O–H groups in total. The molecule has 2 unspecified atom stereocenters. The molecule has 0 spiro atoms. The van der Waals surface area contributed by atoms with E-state index in [4.69, 9.17) is 0 Å². The highest BCUT2D eigenvalue weighted by Crippen LogP contribution is 2.41. The molecular weight excluding hydrogens is 352 g/mol. The minimum Gasteiger partial charge on any atom is -0.356 e. The van der Waals surface area contributed by atoms with Crippen molar-refractivity contribution < 1.29 is 11.0 Å². The molecule has 0 aromatic rings. The monoisotopic (exact) mass is 396 g/mol. The molecule has 2 heterocycles. The Hall–Kier alpha value is -1.14. The Labute approximate surface area is 173 Å². The molecule has 6 heteroatoms. The van der Waals surface area contributed by atoms with Crippen molar-refractivity contribution in [2.45, 2.75) is 59.9 Å². The number of amides is 2. The smallest absolute Gasteiger partial charge is 0.223 e. The van der Waals surface area contributed by atoms with E-state index in [1.54, 1.807) is 6.92 Å². The molecule has 1 aliphatic carbocycles. The van der Waals surface area contributed by atoms with E-state index in [-0.39, 0.29) is 7.33 Å². The number of piperazine rings is 1. The zero-order valence-electron chi connectivity index (χ0n) is 18.7. The second kappa shape index (κ2) is 11.1. The topological polar surface area (TPSA) is 55.9 Å². The SMILES string of the molecule is CC.CC(=O)NCC1CC2CN(C(=O)CCN3CCN(C(C)C)CC3)CC2C1.[HH]. The lowest BCUT2D eigenvalue weighted by molar-refractivity contribution is -0.131. The lowest BCUT2D eigenvalue weighted by Gasteiger charge is -2.37. The molecule has 2 amide bonds. The van der Waals surface area contributed by atoms with Crippen molar-refractivity contribution >= 4 is 11.8 Å². The quantitative estimate of drug-likeness (QED) is 0.748. The number of nitrogens with one attached hydrogen (secondary N) is 1. The molecule has 3 fully saturated rings. The van der Waals surface area contributed by atoms with Crippen LogP contribution in [0.2, 0.25) is 0 Å². The Bertz CT molecular complexity index is 495. The summed E-state index contributed by atoms with van der Waals surface area (Å²) in [7, 11) is 0. The highest BCUT2D eigenvalue weighted by Gasteiger charge is 2.42. The molecule has 0 radical (unpaired) electrons. The van der Waals surface area contributed by atoms with E-state index in [0.29, 0.717) is 36.1 Å². The predicted octanol–water partition coefficient (Wildman–Crippen LogP) is 2.30. The number of carbonyl (C=O) groups is 2. The van der Waals surface area contributed by atoms with Crippen molar-refractivity contribution in [2.24, 2.45) is 17.8 Å². The van der Waals surface area contributed by atoms with Gasteiger partial charge >= 0.3 is 0 Å². The minimum atomic E-state index is 0. The van der Waals surface area contributed by atoms with Crippen LogP contribution in [-0.2, 0) is 9.59 Å². The number of nitrogens with zero attached hydrogens (tertiary/aromatic N) is 3. The highest BCUT2D eigenvalue weighted by atomic mass is 16.2. The normalized spacial score (nSPS) is 28.1. The van der Waals surface area contributed by atoms with E-state index < -0.39 is 0 Å². The van der Waals surface area contributed by atoms with Gasteiger partial charge < -0.3 is 15.1 Å². The van der Waals surface area contributed by atoms with Crippen molar-refractivity contribution in [1.29, 1.82) is 0 Å². The Balaban J connectivity index is 0.00000136. The van der Waals surface area contributed by atoms with E-state index in [0.717, 1.165) is 65.2 Å². The molecule has 6 nitrogen and oxygen atoms in total. The van der Waals surface area contributed by atoms with Crippen molar-refractivity contribution in [2.75, 3.05) is 52.4 Å². The van der Waals surface area contributed by atoms with Crippen LogP contribution in [-0.4, -0.2) is 84.9 Å². The summed E-state index contributed by atoms with van der Waals surface area (Å²) in [6, 6.07) is 0.622. The van der Waals surface area contributed by atoms with Gasteiger partial charge in [-0.3, -0.25) is 14.5 Å². The maximum atomic E-state index is 12.6. The van der Waals surface area contributed by atoms with Crippen molar-refractivity contribution in [3.05, 3.63) is 0 Å². The molecule has 2 atom stereocenters. The fourth-order valence-corrected chi connectivity index (χ4v) is 5.00. The van der Waals surface area contributed by atoms with Crippen LogP contribution < -0.4 is 5.32 Å². The summed E-state index contributed by atoms with van der Waals surface area (Å²) < 4.78 is 0. The minimum absolute atomic E-state index is 0. The summed E-state index contributed by atoms with van der Waals surface area (Å²) in [6.45, 7) is 18.1. The third-order valence-electron chi connectivity index (χ3n) is 6.62. The molecule has 3 rings (SSSR count). The predicted molar refractivity (Wildman–Crippen MR) is 116 cm³/mol. The molecule has 0 bridgehead atoms. The van der Waals surface area contributed by atoms with Crippen molar-refractivity contribution in [3.8, 4) is 0 Å². The van der Waals surface area contributed by atoms with Gasteiger partial charge in [0.2, 0.25) is 11.8 Å². The molecular formula is C22H44N4O2. The lowest BCUT2D eigenvalue weighted by Crippen LogP contribution is -2.49. The van der Waals surface area contributed by atoms with Gasteiger partial charge in [0.25, 0.3) is 0 Å². The van der Waals surface area contributed by atoms with Crippen LogP contribution in [0, 0.1) is 17.8 Å². The molecule has 0 aromatic carbocycles. The number of rotatable bonds is 6. The summed E-state index contributed by atoms with van der Waals surface area (Å²) in [6.07, 6.45) is 2.98. The van der Waals surface area contributed by atoms with E-state index in [9.17, 15) is 9.59 Å². The first kappa shape index (κ1) is 23.1. The van der Waals surface area contributed by atoms with Crippen LogP contribution in [0.3, 0.4) is 0 Å². The van der Waals surface area contributed by atoms with E-state index in [1.165, 1.54) is 0 Å². The first-order valence-electron chi connectivity index (χ1n) is 11.4. The highest BCUT2D eigenvalue weighted by molar-refractivity contribution is 5.76. The van der Waals surface area contributed by atoms with E-state index in [1.807, 2.05) is 13.8 Å². The average Bonchev–Trinajstić information content (AvgIpc) is 3.25. The summed E-state index contributed by atoms with van der Waals surface area (Å²) in [5.41, 5.74) is 0. The van der Waals surface area contributed by atoms with Crippen molar-refractivity contribution in [1.82, 2.24) is 20.0 Å². The Morgan fingerprint density at radius 1 is 1.04 bits per heavy atom. The second-order valence-corrected chi connectivity index (χ2v) is 8.81. The maximum absolute atomic E-state index is 12.6. The van der Waals surface area contributed by atoms with Crippen LogP contribution in [0.15, 0.2) is 0 Å². The number of carbonyl (C=O) groups excluding carboxylic acids is 2. The van der Waals surface area contributed by atoms with Gasteiger partial charge in [0.1, 0.15) is 0 Å². The Morgan fingerprint density at radius 3 is 2.11 bits per heavy atom. The molecule has 1 saturated carbocycles. The number of fused-ring (bicyclic) bond motifs is 1. The molecule has 28 heavy (non-hydrogen) atoms. The first-order valence-corrected chi connectivity index (χ1v) is 11.4. The fraction of sp³-hybridized carbons (Fsp3) is 0.909. The van der Waals surface area contributed by atoms with Gasteiger partial charge in [-0.15, -0.1) is 0 Å². The van der Waals surface area contributed by atoms with Crippen LogP contribution >= 0.6 is 0 Å². The zero-order chi connectivity index (χ0) is 20.7. The standard InChI is InChI=1S/C20H36N4O2.C2H6.H2/c1-15(2)23-8-6-22(7-9-23)5-4-20(26)24-13-18-10-17(11-19(18)14-24)12-21-16(3)25;1-2;/h15,17-19H,4-14H2,1-3H3,(H,21,25);1-2H3;1H. The largest absolute Gasteiger partial charge is 0.356 e. The third-order valence-corrected chi connectivity index (χ3v) is 6.62. The van der Waals surface area contributed by atoms with E-state index >= 15 is 0 Å². The van der Waals surface area contributed by atoms with Crippen molar-refractivity contribution in [3.63, 3.8) is 0 Å². The molecule has 0 aromatic heterocycles. The van der Waals surface area contributed by atoms with Gasteiger partial charge in [-0.2, -0.15) is 0 Å². The summed E-state index contributed by atoms with van der Waals surface area (Å²) in [4.78, 5) is 30.7. The van der Waals surface area contributed by atoms with Crippen LogP contribution in [0.4, 0.5) is 0 Å². The zero-order valence-corrected chi connectivity index (χ0v) is 18.7. The molecule has 2 aliphatic heterocycles. The Morgan fingerprint density at radius 2 is 1.61 bits per heavy atom. The lowest BCUT2D eigenvalue weighted by atomic mass is 10.0. The summed E-state index contributed by atoms with van der Waals surface area (Å²) in [5.74, 6) is 2.29. The van der Waals surface area contributed by atoms with Crippen LogP contribution in [0.25, 0.3) is 0 Å². The second-order valence-electron chi connectivity index (χ2n) is 8.81. The number of hydrogen-bond acceptors (Lipinski definition) is 4. The average molecular weight is 397 g/mol. The molecule has 164 valence electrons. The van der Waals surface area contributed by atoms with Crippen LogP contribution in [0.5, 0.6) is 0 Å². The number of hydrogen-bond donors (Lipinski definition) is 1. The van der Waals surface area contributed by atoms with Gasteiger partial charge in [0.05, 0.1) is 0 Å². The van der Waals surface area contributed by atoms with Gasteiger partial charge in [-0.05, 0) is 44.4 Å².